The van der Waals surface area contributed by atoms with Crippen LogP contribution in [0.15, 0.2) is 90.0 Å². The third-order valence-electron chi connectivity index (χ3n) is 4.25. The van der Waals surface area contributed by atoms with Crippen molar-refractivity contribution in [3.8, 4) is 33.8 Å². The van der Waals surface area contributed by atoms with Crippen molar-refractivity contribution < 1.29 is 5.11 Å². The number of nitrogens with zero attached hydrogens (tertiary/aromatic N) is 2. The Morgan fingerprint density at radius 2 is 1.70 bits per heavy atom. The molecule has 2 aromatic heterocycles. The van der Waals surface area contributed by atoms with Gasteiger partial charge >= 0.3 is 0 Å². The summed E-state index contributed by atoms with van der Waals surface area (Å²) in [7, 11) is 0. The van der Waals surface area contributed by atoms with Gasteiger partial charge in [0.25, 0.3) is 5.56 Å². The quantitative estimate of drug-likeness (QED) is 0.553. The van der Waals surface area contributed by atoms with Crippen LogP contribution in [0.4, 0.5) is 0 Å². The molecule has 0 radical (unpaired) electrons. The van der Waals surface area contributed by atoms with Crippen molar-refractivity contribution in [2.45, 2.75) is 0 Å². The van der Waals surface area contributed by atoms with Crippen LogP contribution in [0.25, 0.3) is 28.1 Å². The van der Waals surface area contributed by atoms with Gasteiger partial charge in [0.15, 0.2) is 0 Å². The number of phenolic OH excluding ortho intramolecular Hbond substituents is 1. The molecule has 0 saturated heterocycles. The molecule has 0 spiro atoms. The van der Waals surface area contributed by atoms with Crippen molar-refractivity contribution in [1.82, 2.24) is 9.55 Å². The highest BCUT2D eigenvalue weighted by molar-refractivity contribution is 6.33. The van der Waals surface area contributed by atoms with Crippen molar-refractivity contribution >= 4 is 11.6 Å². The average molecular weight is 375 g/mol. The Morgan fingerprint density at radius 3 is 2.44 bits per heavy atom. The SMILES string of the molecule is O=c1c(-c2ccccc2Cl)cc(-c2ccccn2)cn1-c1cccc(O)c1. The van der Waals surface area contributed by atoms with Gasteiger partial charge in [0.2, 0.25) is 0 Å². The van der Waals surface area contributed by atoms with Crippen molar-refractivity contribution in [2.24, 2.45) is 0 Å². The molecular weight excluding hydrogens is 360 g/mol. The maximum Gasteiger partial charge on any atom is 0.263 e. The first kappa shape index (κ1) is 17.1. The molecule has 0 aliphatic heterocycles. The van der Waals surface area contributed by atoms with Crippen molar-refractivity contribution in [3.63, 3.8) is 0 Å². The van der Waals surface area contributed by atoms with Crippen LogP contribution < -0.4 is 5.56 Å². The Bertz CT molecular complexity index is 1170. The minimum Gasteiger partial charge on any atom is -0.508 e. The number of pyridine rings is 2. The summed E-state index contributed by atoms with van der Waals surface area (Å²) in [5.74, 6) is 0.0851. The fraction of sp³-hybridized carbons (Fsp3) is 0. The molecule has 1 N–H and O–H groups in total. The highest BCUT2D eigenvalue weighted by Gasteiger charge is 2.14. The lowest BCUT2D eigenvalue weighted by atomic mass is 10.0. The molecule has 0 unspecified atom stereocenters. The van der Waals surface area contributed by atoms with Crippen molar-refractivity contribution in [3.05, 3.63) is 101 Å². The molecule has 4 aromatic rings. The van der Waals surface area contributed by atoms with Gasteiger partial charge in [-0.05, 0) is 36.4 Å². The predicted octanol–water partition coefficient (Wildman–Crippen LogP) is 4.93. The average Bonchev–Trinajstić information content (AvgIpc) is 2.69. The first-order valence-electron chi connectivity index (χ1n) is 8.36. The molecule has 0 bridgehead atoms. The van der Waals surface area contributed by atoms with Gasteiger partial charge in [0, 0.05) is 40.2 Å². The van der Waals surface area contributed by atoms with E-state index in [1.807, 2.05) is 36.4 Å². The van der Waals surface area contributed by atoms with Crippen molar-refractivity contribution in [1.29, 1.82) is 0 Å². The number of aromatic nitrogens is 2. The normalized spacial score (nSPS) is 10.7. The van der Waals surface area contributed by atoms with Gasteiger partial charge in [0.05, 0.1) is 11.4 Å². The van der Waals surface area contributed by atoms with E-state index in [1.54, 1.807) is 48.8 Å². The monoisotopic (exact) mass is 374 g/mol. The predicted molar refractivity (Wildman–Crippen MR) is 107 cm³/mol. The third-order valence-corrected chi connectivity index (χ3v) is 4.58. The van der Waals surface area contributed by atoms with Gasteiger partial charge in [-0.2, -0.15) is 0 Å². The van der Waals surface area contributed by atoms with Crippen LogP contribution in [-0.2, 0) is 0 Å². The lowest BCUT2D eigenvalue weighted by Crippen LogP contribution is -2.20. The Hall–Kier alpha value is -3.37. The fourth-order valence-corrected chi connectivity index (χ4v) is 3.20. The molecule has 0 atom stereocenters. The summed E-state index contributed by atoms with van der Waals surface area (Å²) in [6.45, 7) is 0. The maximum absolute atomic E-state index is 13.2. The molecule has 4 nitrogen and oxygen atoms in total. The Kier molecular flexibility index (Phi) is 4.48. The van der Waals surface area contributed by atoms with E-state index in [0.29, 0.717) is 21.8 Å². The topological polar surface area (TPSA) is 55.1 Å². The molecule has 0 amide bonds. The van der Waals surface area contributed by atoms with E-state index in [1.165, 1.54) is 4.57 Å². The number of phenols is 1. The second-order valence-corrected chi connectivity index (χ2v) is 6.44. The first-order valence-corrected chi connectivity index (χ1v) is 8.74. The van der Waals surface area contributed by atoms with Crippen LogP contribution in [0.1, 0.15) is 0 Å². The molecule has 0 fully saturated rings. The minimum atomic E-state index is -0.228. The second-order valence-electron chi connectivity index (χ2n) is 6.03. The summed E-state index contributed by atoms with van der Waals surface area (Å²) in [6.07, 6.45) is 3.42. The van der Waals surface area contributed by atoms with Gasteiger partial charge in [0.1, 0.15) is 5.75 Å². The minimum absolute atomic E-state index is 0.0851. The van der Waals surface area contributed by atoms with Crippen LogP contribution in [0.5, 0.6) is 5.75 Å². The van der Waals surface area contributed by atoms with Gasteiger partial charge < -0.3 is 5.11 Å². The Morgan fingerprint density at radius 1 is 0.889 bits per heavy atom. The number of halogens is 1. The molecule has 0 saturated carbocycles. The molecule has 4 rings (SSSR count). The summed E-state index contributed by atoms with van der Waals surface area (Å²) in [5.41, 5.74) is 2.95. The van der Waals surface area contributed by atoms with E-state index < -0.39 is 0 Å². The number of hydrogen-bond donors (Lipinski definition) is 1. The third kappa shape index (κ3) is 3.35. The Balaban J connectivity index is 2.03. The second kappa shape index (κ2) is 7.09. The van der Waals surface area contributed by atoms with E-state index >= 15 is 0 Å². The van der Waals surface area contributed by atoms with E-state index in [9.17, 15) is 9.90 Å². The lowest BCUT2D eigenvalue weighted by molar-refractivity contribution is 0.475. The zero-order valence-electron chi connectivity index (χ0n) is 14.2. The molecule has 2 heterocycles. The summed E-state index contributed by atoms with van der Waals surface area (Å²) >= 11 is 6.35. The highest BCUT2D eigenvalue weighted by atomic mass is 35.5. The summed E-state index contributed by atoms with van der Waals surface area (Å²) < 4.78 is 1.50. The molecule has 27 heavy (non-hydrogen) atoms. The molecule has 0 aliphatic rings. The van der Waals surface area contributed by atoms with Crippen molar-refractivity contribution in [2.75, 3.05) is 0 Å². The summed E-state index contributed by atoms with van der Waals surface area (Å²) in [6, 6.07) is 21.2. The highest BCUT2D eigenvalue weighted by Crippen LogP contribution is 2.29. The maximum atomic E-state index is 13.2. The summed E-state index contributed by atoms with van der Waals surface area (Å²) in [5, 5.41) is 10.3. The van der Waals surface area contributed by atoms with Crippen LogP contribution >= 0.6 is 11.6 Å². The zero-order chi connectivity index (χ0) is 18.8. The zero-order valence-corrected chi connectivity index (χ0v) is 15.0. The number of hydrogen-bond acceptors (Lipinski definition) is 3. The van der Waals surface area contributed by atoms with E-state index in [2.05, 4.69) is 4.98 Å². The van der Waals surface area contributed by atoms with Crippen LogP contribution in [0.2, 0.25) is 5.02 Å². The smallest absolute Gasteiger partial charge is 0.263 e. The van der Waals surface area contributed by atoms with E-state index in [-0.39, 0.29) is 11.3 Å². The van der Waals surface area contributed by atoms with Crippen LogP contribution in [0.3, 0.4) is 0 Å². The number of benzene rings is 2. The first-order chi connectivity index (χ1) is 13.1. The van der Waals surface area contributed by atoms with E-state index in [0.717, 1.165) is 11.3 Å². The Labute approximate surface area is 161 Å². The number of rotatable bonds is 3. The molecule has 5 heteroatoms. The van der Waals surface area contributed by atoms with E-state index in [4.69, 9.17) is 11.6 Å². The number of aromatic hydroxyl groups is 1. The largest absolute Gasteiger partial charge is 0.508 e. The molecular formula is C22H15ClN2O2. The van der Waals surface area contributed by atoms with Gasteiger partial charge in [-0.1, -0.05) is 41.9 Å². The van der Waals surface area contributed by atoms with Gasteiger partial charge in [-0.3, -0.25) is 14.3 Å². The van der Waals surface area contributed by atoms with Crippen LogP contribution in [-0.4, -0.2) is 14.7 Å². The molecule has 0 aliphatic carbocycles. The molecule has 132 valence electrons. The summed E-state index contributed by atoms with van der Waals surface area (Å²) in [4.78, 5) is 17.6. The fourth-order valence-electron chi connectivity index (χ4n) is 2.96. The standard InChI is InChI=1S/C22H15ClN2O2/c23-20-9-2-1-8-18(20)19-12-15(21-10-3-4-11-24-21)14-25(22(19)27)16-6-5-7-17(26)13-16/h1-14,26H. The van der Waals surface area contributed by atoms with Crippen LogP contribution in [0, 0.1) is 0 Å². The van der Waals surface area contributed by atoms with Gasteiger partial charge in [-0.25, -0.2) is 0 Å². The lowest BCUT2D eigenvalue weighted by Gasteiger charge is -2.13. The molecule has 2 aromatic carbocycles. The van der Waals surface area contributed by atoms with Gasteiger partial charge in [-0.15, -0.1) is 0 Å².